The number of esters is 1. The smallest absolute Gasteiger partial charge is 0.330 e. The molecule has 80 valence electrons. The number of aldehydes is 1. The van der Waals surface area contributed by atoms with E-state index in [1.807, 2.05) is 0 Å². The minimum absolute atomic E-state index is 0.158. The number of aliphatic hydroxyl groups is 3. The van der Waals surface area contributed by atoms with Gasteiger partial charge in [-0.05, 0) is 0 Å². The van der Waals surface area contributed by atoms with Gasteiger partial charge in [-0.1, -0.05) is 6.58 Å². The zero-order chi connectivity index (χ0) is 11.1. The van der Waals surface area contributed by atoms with Crippen molar-refractivity contribution in [3.8, 4) is 0 Å². The minimum atomic E-state index is -1.65. The Morgan fingerprint density at radius 1 is 1.50 bits per heavy atom. The molecule has 0 aromatic rings. The van der Waals surface area contributed by atoms with Gasteiger partial charge < -0.3 is 20.1 Å². The molecule has 6 nitrogen and oxygen atoms in total. The summed E-state index contributed by atoms with van der Waals surface area (Å²) in [5.74, 6) is -0.897. The van der Waals surface area contributed by atoms with E-state index in [4.69, 9.17) is 15.3 Å². The monoisotopic (exact) mass is 204 g/mol. The molecule has 0 aliphatic heterocycles. The molecular formula is C8H12O6. The molecule has 3 N–H and O–H groups in total. The topological polar surface area (TPSA) is 104 Å². The molecule has 6 heteroatoms. The first kappa shape index (κ1) is 12.8. The summed E-state index contributed by atoms with van der Waals surface area (Å²) in [6.45, 7) is 2.35. The van der Waals surface area contributed by atoms with Crippen LogP contribution in [-0.2, 0) is 14.3 Å². The molecule has 0 radical (unpaired) electrons. The van der Waals surface area contributed by atoms with Crippen LogP contribution in [0.1, 0.15) is 0 Å². The van der Waals surface area contributed by atoms with Gasteiger partial charge in [0.1, 0.15) is 12.2 Å². The highest BCUT2D eigenvalue weighted by atomic mass is 16.6. The summed E-state index contributed by atoms with van der Waals surface area (Å²) in [7, 11) is 0. The van der Waals surface area contributed by atoms with Gasteiger partial charge in [0.05, 0.1) is 6.61 Å². The van der Waals surface area contributed by atoms with Crippen molar-refractivity contribution in [3.63, 3.8) is 0 Å². The fourth-order valence-electron chi connectivity index (χ4n) is 0.687. The molecular weight excluding hydrogens is 192 g/mol. The minimum Gasteiger partial charge on any atom is -0.449 e. The maximum absolute atomic E-state index is 10.6. The highest BCUT2D eigenvalue weighted by Crippen LogP contribution is 2.03. The SMILES string of the molecule is C=CC(=O)O[C@@H](C=O)[C@@H](O)[C@H](O)CO. The molecule has 0 aromatic heterocycles. The Kier molecular flexibility index (Phi) is 5.70. The summed E-state index contributed by atoms with van der Waals surface area (Å²) in [6, 6.07) is 0. The van der Waals surface area contributed by atoms with Gasteiger partial charge in [-0.3, -0.25) is 4.79 Å². The Labute approximate surface area is 80.4 Å². The Bertz CT molecular complexity index is 214. The van der Waals surface area contributed by atoms with Crippen LogP contribution in [0.25, 0.3) is 0 Å². The summed E-state index contributed by atoms with van der Waals surface area (Å²) in [5.41, 5.74) is 0. The average molecular weight is 204 g/mol. The van der Waals surface area contributed by atoms with E-state index in [-0.39, 0.29) is 6.29 Å². The van der Waals surface area contributed by atoms with E-state index < -0.39 is 30.9 Å². The van der Waals surface area contributed by atoms with Gasteiger partial charge in [0.25, 0.3) is 0 Å². The molecule has 0 unspecified atom stereocenters. The fraction of sp³-hybridized carbons (Fsp3) is 0.500. The van der Waals surface area contributed by atoms with Crippen molar-refractivity contribution in [2.24, 2.45) is 0 Å². The van der Waals surface area contributed by atoms with Gasteiger partial charge >= 0.3 is 5.97 Å². The highest BCUT2D eigenvalue weighted by Gasteiger charge is 2.28. The van der Waals surface area contributed by atoms with Gasteiger partial charge in [-0.2, -0.15) is 0 Å². The summed E-state index contributed by atoms with van der Waals surface area (Å²) < 4.78 is 4.39. The number of carbonyl (C=O) groups excluding carboxylic acids is 2. The predicted molar refractivity (Wildman–Crippen MR) is 45.2 cm³/mol. The second-order valence-electron chi connectivity index (χ2n) is 2.48. The Morgan fingerprint density at radius 3 is 2.43 bits per heavy atom. The summed E-state index contributed by atoms with van der Waals surface area (Å²) >= 11 is 0. The Balaban J connectivity index is 4.32. The lowest BCUT2D eigenvalue weighted by Crippen LogP contribution is -2.42. The number of ether oxygens (including phenoxy) is 1. The first-order valence-electron chi connectivity index (χ1n) is 3.82. The zero-order valence-electron chi connectivity index (χ0n) is 7.37. The van der Waals surface area contributed by atoms with Crippen molar-refractivity contribution in [2.75, 3.05) is 6.61 Å². The molecule has 0 aliphatic rings. The molecule has 3 atom stereocenters. The Morgan fingerprint density at radius 2 is 2.07 bits per heavy atom. The molecule has 0 saturated heterocycles. The normalized spacial score (nSPS) is 16.5. The molecule has 0 saturated carbocycles. The van der Waals surface area contributed by atoms with E-state index in [1.165, 1.54) is 0 Å². The first-order valence-corrected chi connectivity index (χ1v) is 3.82. The van der Waals surface area contributed by atoms with Gasteiger partial charge in [-0.25, -0.2) is 4.79 Å². The van der Waals surface area contributed by atoms with E-state index in [2.05, 4.69) is 11.3 Å². The standard InChI is InChI=1S/C8H12O6/c1-2-7(12)14-6(4-10)8(13)5(11)3-9/h2,4-6,8-9,11,13H,1,3H2/t5-,6+,8+/m1/s1. The van der Waals surface area contributed by atoms with Crippen LogP contribution in [0.2, 0.25) is 0 Å². The van der Waals surface area contributed by atoms with Crippen LogP contribution in [0.15, 0.2) is 12.7 Å². The van der Waals surface area contributed by atoms with E-state index in [0.717, 1.165) is 6.08 Å². The molecule has 0 bridgehead atoms. The largest absolute Gasteiger partial charge is 0.449 e. The number of carbonyl (C=O) groups is 2. The van der Waals surface area contributed by atoms with Gasteiger partial charge in [0.2, 0.25) is 0 Å². The molecule has 0 aliphatic carbocycles. The maximum Gasteiger partial charge on any atom is 0.330 e. The number of aliphatic hydroxyl groups excluding tert-OH is 3. The van der Waals surface area contributed by atoms with E-state index in [0.29, 0.717) is 0 Å². The van der Waals surface area contributed by atoms with Crippen molar-refractivity contribution in [1.82, 2.24) is 0 Å². The second-order valence-corrected chi connectivity index (χ2v) is 2.48. The number of hydrogen-bond acceptors (Lipinski definition) is 6. The zero-order valence-corrected chi connectivity index (χ0v) is 7.37. The lowest BCUT2D eigenvalue weighted by atomic mass is 10.1. The van der Waals surface area contributed by atoms with Crippen molar-refractivity contribution in [1.29, 1.82) is 0 Å². The van der Waals surface area contributed by atoms with Crippen molar-refractivity contribution in [3.05, 3.63) is 12.7 Å². The van der Waals surface area contributed by atoms with Gasteiger partial charge in [-0.15, -0.1) is 0 Å². The lowest BCUT2D eigenvalue weighted by Gasteiger charge is -2.20. The molecule has 0 fully saturated rings. The van der Waals surface area contributed by atoms with E-state index >= 15 is 0 Å². The van der Waals surface area contributed by atoms with E-state index in [1.54, 1.807) is 0 Å². The summed E-state index contributed by atoms with van der Waals surface area (Å²) in [4.78, 5) is 21.0. The van der Waals surface area contributed by atoms with Crippen LogP contribution < -0.4 is 0 Å². The highest BCUT2D eigenvalue weighted by molar-refractivity contribution is 5.82. The third kappa shape index (κ3) is 3.65. The van der Waals surface area contributed by atoms with Crippen molar-refractivity contribution in [2.45, 2.75) is 18.3 Å². The number of rotatable bonds is 6. The second kappa shape index (κ2) is 6.25. The molecule has 14 heavy (non-hydrogen) atoms. The molecule has 0 amide bonds. The molecule has 0 rings (SSSR count). The fourth-order valence-corrected chi connectivity index (χ4v) is 0.687. The summed E-state index contributed by atoms with van der Waals surface area (Å²) in [6.07, 6.45) is -3.73. The van der Waals surface area contributed by atoms with Gasteiger partial charge in [0, 0.05) is 6.08 Å². The number of hydrogen-bond donors (Lipinski definition) is 3. The first-order chi connectivity index (χ1) is 6.56. The van der Waals surface area contributed by atoms with Gasteiger partial charge in [0.15, 0.2) is 12.4 Å². The lowest BCUT2D eigenvalue weighted by molar-refractivity contribution is -0.159. The van der Waals surface area contributed by atoms with Crippen LogP contribution in [0.5, 0.6) is 0 Å². The third-order valence-electron chi connectivity index (χ3n) is 1.47. The molecule has 0 spiro atoms. The van der Waals surface area contributed by atoms with Crippen LogP contribution in [0.4, 0.5) is 0 Å². The van der Waals surface area contributed by atoms with Crippen LogP contribution in [0, 0.1) is 0 Å². The van der Waals surface area contributed by atoms with Crippen molar-refractivity contribution >= 4 is 12.3 Å². The molecule has 0 aromatic carbocycles. The van der Waals surface area contributed by atoms with Crippen molar-refractivity contribution < 1.29 is 29.6 Å². The maximum atomic E-state index is 10.6. The molecule has 0 heterocycles. The summed E-state index contributed by atoms with van der Waals surface area (Å²) in [5, 5.41) is 26.6. The third-order valence-corrected chi connectivity index (χ3v) is 1.47. The van der Waals surface area contributed by atoms with E-state index in [9.17, 15) is 9.59 Å². The van der Waals surface area contributed by atoms with Crippen LogP contribution in [-0.4, -0.2) is 52.5 Å². The quantitative estimate of drug-likeness (QED) is 0.262. The predicted octanol–water partition coefficient (Wildman–Crippen LogP) is -2.00. The van der Waals surface area contributed by atoms with Crippen LogP contribution in [0.3, 0.4) is 0 Å². The van der Waals surface area contributed by atoms with Crippen LogP contribution >= 0.6 is 0 Å². The average Bonchev–Trinajstić information content (AvgIpc) is 2.23. The Hall–Kier alpha value is -1.24.